The molecule has 0 radical (unpaired) electrons. The number of alkyl halides is 3. The summed E-state index contributed by atoms with van der Waals surface area (Å²) in [5.41, 5.74) is -2.86. The summed E-state index contributed by atoms with van der Waals surface area (Å²) in [5, 5.41) is 20.7. The Morgan fingerprint density at radius 3 is 2.10 bits per heavy atom. The van der Waals surface area contributed by atoms with Crippen molar-refractivity contribution in [1.82, 2.24) is 9.78 Å². The second kappa shape index (κ2) is 4.48. The number of hydrogen-bond acceptors (Lipinski definition) is 3. The van der Waals surface area contributed by atoms with Gasteiger partial charge < -0.3 is 5.11 Å². The van der Waals surface area contributed by atoms with Crippen molar-refractivity contribution in [3.63, 3.8) is 0 Å². The van der Waals surface area contributed by atoms with Crippen molar-refractivity contribution in [3.05, 3.63) is 41.1 Å². The first-order chi connectivity index (χ1) is 9.24. The lowest BCUT2D eigenvalue weighted by Gasteiger charge is -2.06. The Labute approximate surface area is 108 Å². The van der Waals surface area contributed by atoms with Crippen LogP contribution in [0.3, 0.4) is 0 Å². The monoisotopic (exact) mass is 289 g/mol. The van der Waals surface area contributed by atoms with E-state index in [1.54, 1.807) is 0 Å². The minimum atomic E-state index is -4.87. The molecule has 0 unspecified atom stereocenters. The van der Waals surface area contributed by atoms with Gasteiger partial charge in [0.05, 0.1) is 11.6 Å². The minimum Gasteiger partial charge on any atom is -0.493 e. The van der Waals surface area contributed by atoms with Crippen molar-refractivity contribution < 1.29 is 27.1 Å². The van der Waals surface area contributed by atoms with Gasteiger partial charge in [-0.2, -0.15) is 28.2 Å². The van der Waals surface area contributed by atoms with Crippen LogP contribution in [0.4, 0.5) is 22.0 Å². The van der Waals surface area contributed by atoms with Crippen LogP contribution in [0.1, 0.15) is 11.3 Å². The van der Waals surface area contributed by atoms with Crippen LogP contribution in [0.5, 0.6) is 5.88 Å². The Bertz CT molecular complexity index is 691. The number of nitrogens with zero attached hydrogens (tertiary/aromatic N) is 3. The van der Waals surface area contributed by atoms with E-state index in [9.17, 15) is 27.1 Å². The molecule has 2 aromatic rings. The number of nitriles is 1. The fraction of sp³-hybridized carbons (Fsp3) is 0.0909. The van der Waals surface area contributed by atoms with Gasteiger partial charge in [-0.05, 0) is 12.1 Å². The van der Waals surface area contributed by atoms with E-state index in [2.05, 4.69) is 5.10 Å². The van der Waals surface area contributed by atoms with E-state index in [0.29, 0.717) is 12.1 Å². The van der Waals surface area contributed by atoms with Gasteiger partial charge in [0, 0.05) is 6.07 Å². The van der Waals surface area contributed by atoms with Crippen LogP contribution in [-0.2, 0) is 6.18 Å². The molecule has 0 fully saturated rings. The highest BCUT2D eigenvalue weighted by Crippen LogP contribution is 2.32. The molecular weight excluding hydrogens is 285 g/mol. The molecule has 4 nitrogen and oxygen atoms in total. The number of aromatic nitrogens is 2. The Balaban J connectivity index is 2.64. The smallest absolute Gasteiger partial charge is 0.435 e. The fourth-order valence-corrected chi connectivity index (χ4v) is 1.51. The summed E-state index contributed by atoms with van der Waals surface area (Å²) < 4.78 is 64.5. The summed E-state index contributed by atoms with van der Waals surface area (Å²) in [6.07, 6.45) is -4.87. The van der Waals surface area contributed by atoms with Gasteiger partial charge in [0.25, 0.3) is 0 Å². The van der Waals surface area contributed by atoms with Crippen LogP contribution >= 0.6 is 0 Å². The highest BCUT2D eigenvalue weighted by atomic mass is 19.4. The molecule has 0 aliphatic heterocycles. The summed E-state index contributed by atoms with van der Waals surface area (Å²) in [5.74, 6) is -3.73. The van der Waals surface area contributed by atoms with Gasteiger partial charge in [0.2, 0.25) is 5.88 Å². The number of aromatic hydroxyl groups is 1. The largest absolute Gasteiger partial charge is 0.493 e. The molecule has 1 aromatic heterocycles. The number of rotatable bonds is 1. The van der Waals surface area contributed by atoms with E-state index in [0.717, 1.165) is 0 Å². The predicted octanol–water partition coefficient (Wildman–Crippen LogP) is 2.75. The van der Waals surface area contributed by atoms with Gasteiger partial charge in [-0.15, -0.1) is 0 Å². The maximum Gasteiger partial charge on any atom is 0.435 e. The Morgan fingerprint density at radius 1 is 1.15 bits per heavy atom. The number of halogens is 5. The third-order valence-electron chi connectivity index (χ3n) is 2.34. The lowest BCUT2D eigenvalue weighted by molar-refractivity contribution is -0.141. The summed E-state index contributed by atoms with van der Waals surface area (Å²) in [6.45, 7) is 0. The molecule has 2 rings (SSSR count). The maximum absolute atomic E-state index is 13.6. The van der Waals surface area contributed by atoms with Gasteiger partial charge >= 0.3 is 6.18 Å². The summed E-state index contributed by atoms with van der Waals surface area (Å²) in [4.78, 5) is 0. The van der Waals surface area contributed by atoms with Crippen LogP contribution in [0.25, 0.3) is 5.69 Å². The molecule has 104 valence electrons. The molecule has 0 saturated heterocycles. The van der Waals surface area contributed by atoms with Gasteiger partial charge in [-0.25, -0.2) is 8.78 Å². The highest BCUT2D eigenvalue weighted by molar-refractivity contribution is 5.44. The number of hydrogen-bond donors (Lipinski definition) is 1. The third-order valence-corrected chi connectivity index (χ3v) is 2.34. The zero-order valence-electron chi connectivity index (χ0n) is 9.41. The SMILES string of the molecule is N#Cc1cc(F)c(-n2nc(C(F)(F)F)cc2O)c(F)c1. The van der Waals surface area contributed by atoms with E-state index in [1.807, 2.05) is 0 Å². The molecule has 1 N–H and O–H groups in total. The lowest BCUT2D eigenvalue weighted by Crippen LogP contribution is -2.09. The van der Waals surface area contributed by atoms with Gasteiger partial charge in [0.15, 0.2) is 17.3 Å². The molecule has 0 aliphatic carbocycles. The molecule has 9 heteroatoms. The van der Waals surface area contributed by atoms with Crippen LogP contribution in [0.2, 0.25) is 0 Å². The van der Waals surface area contributed by atoms with Crippen LogP contribution in [0, 0.1) is 23.0 Å². The molecule has 1 heterocycles. The molecule has 0 amide bonds. The Hall–Kier alpha value is -2.63. The molecule has 0 spiro atoms. The van der Waals surface area contributed by atoms with Crippen molar-refractivity contribution in [2.24, 2.45) is 0 Å². The maximum atomic E-state index is 13.6. The second-order valence-corrected chi connectivity index (χ2v) is 3.70. The van der Waals surface area contributed by atoms with Crippen LogP contribution in [0.15, 0.2) is 18.2 Å². The first-order valence-electron chi connectivity index (χ1n) is 4.99. The first-order valence-corrected chi connectivity index (χ1v) is 4.99. The fourth-order valence-electron chi connectivity index (χ4n) is 1.51. The molecule has 0 bridgehead atoms. The highest BCUT2D eigenvalue weighted by Gasteiger charge is 2.35. The van der Waals surface area contributed by atoms with E-state index < -0.39 is 35.1 Å². The van der Waals surface area contributed by atoms with E-state index >= 15 is 0 Å². The van der Waals surface area contributed by atoms with Crippen molar-refractivity contribution >= 4 is 0 Å². The van der Waals surface area contributed by atoms with Crippen molar-refractivity contribution in [2.45, 2.75) is 6.18 Å². The van der Waals surface area contributed by atoms with Gasteiger partial charge in [-0.1, -0.05) is 0 Å². The molecular formula is C11H4F5N3O. The molecule has 0 saturated carbocycles. The normalized spacial score (nSPS) is 11.4. The van der Waals surface area contributed by atoms with E-state index in [4.69, 9.17) is 5.26 Å². The molecule has 20 heavy (non-hydrogen) atoms. The van der Waals surface area contributed by atoms with Crippen LogP contribution < -0.4 is 0 Å². The Morgan fingerprint density at radius 2 is 1.70 bits per heavy atom. The average Bonchev–Trinajstić information content (AvgIpc) is 2.70. The second-order valence-electron chi connectivity index (χ2n) is 3.70. The molecule has 0 aliphatic rings. The van der Waals surface area contributed by atoms with Gasteiger partial charge in [-0.3, -0.25) is 0 Å². The summed E-state index contributed by atoms with van der Waals surface area (Å²) in [7, 11) is 0. The van der Waals surface area contributed by atoms with E-state index in [-0.39, 0.29) is 16.3 Å². The Kier molecular flexibility index (Phi) is 3.09. The van der Waals surface area contributed by atoms with Crippen molar-refractivity contribution in [2.75, 3.05) is 0 Å². The lowest BCUT2D eigenvalue weighted by atomic mass is 10.2. The minimum absolute atomic E-state index is 0.0780. The molecule has 1 aromatic carbocycles. The quantitative estimate of drug-likeness (QED) is 0.821. The van der Waals surface area contributed by atoms with Crippen LogP contribution in [-0.4, -0.2) is 14.9 Å². The third kappa shape index (κ3) is 2.27. The topological polar surface area (TPSA) is 61.8 Å². The standard InChI is InChI=1S/C11H4F5N3O/c12-6-1-5(4-17)2-7(13)10(6)19-9(20)3-8(18-19)11(14,15)16/h1-3,20H. The molecule has 0 atom stereocenters. The zero-order chi connectivity index (χ0) is 15.1. The van der Waals surface area contributed by atoms with Crippen molar-refractivity contribution in [3.8, 4) is 17.6 Å². The number of benzene rings is 1. The van der Waals surface area contributed by atoms with E-state index in [1.165, 1.54) is 6.07 Å². The summed E-state index contributed by atoms with van der Waals surface area (Å²) in [6, 6.07) is 2.95. The van der Waals surface area contributed by atoms with Gasteiger partial charge in [0.1, 0.15) is 5.69 Å². The van der Waals surface area contributed by atoms with Crippen molar-refractivity contribution in [1.29, 1.82) is 5.26 Å². The average molecular weight is 289 g/mol. The first kappa shape index (κ1) is 13.8. The predicted molar refractivity (Wildman–Crippen MR) is 54.9 cm³/mol. The summed E-state index contributed by atoms with van der Waals surface area (Å²) >= 11 is 0. The zero-order valence-corrected chi connectivity index (χ0v) is 9.41.